The number of benzene rings is 1. The van der Waals surface area contributed by atoms with Crippen molar-refractivity contribution in [2.45, 2.75) is 25.8 Å². The quantitative estimate of drug-likeness (QED) is 0.887. The summed E-state index contributed by atoms with van der Waals surface area (Å²) in [5, 5.41) is 2.94. The van der Waals surface area contributed by atoms with E-state index in [-0.39, 0.29) is 23.2 Å². The number of carbonyl (C=O) groups is 2. The second-order valence-corrected chi connectivity index (χ2v) is 5.10. The van der Waals surface area contributed by atoms with Gasteiger partial charge in [0.25, 0.3) is 5.91 Å². The summed E-state index contributed by atoms with van der Waals surface area (Å²) < 4.78 is 27.1. The molecular formula is C14H17F2N3O2. The highest BCUT2D eigenvalue weighted by Gasteiger charge is 2.22. The van der Waals surface area contributed by atoms with Crippen LogP contribution in [0.25, 0.3) is 0 Å². The fraction of sp³-hybridized carbons (Fsp3) is 0.429. The molecule has 0 unspecified atom stereocenters. The molecule has 0 aliphatic carbocycles. The number of primary amides is 1. The molecule has 1 aromatic rings. The molecule has 1 fully saturated rings. The van der Waals surface area contributed by atoms with E-state index >= 15 is 0 Å². The van der Waals surface area contributed by atoms with E-state index in [0.717, 1.165) is 6.07 Å². The second-order valence-electron chi connectivity index (χ2n) is 5.10. The maximum atomic E-state index is 13.7. The lowest BCUT2D eigenvalue weighted by molar-refractivity contribution is -0.129. The van der Waals surface area contributed by atoms with E-state index in [9.17, 15) is 18.4 Å². The van der Waals surface area contributed by atoms with E-state index in [1.54, 1.807) is 4.90 Å². The molecule has 3 N–H and O–H groups in total. The third kappa shape index (κ3) is 3.48. The molecule has 2 rings (SSSR count). The number of amides is 2. The van der Waals surface area contributed by atoms with Crippen LogP contribution in [0, 0.1) is 11.6 Å². The van der Waals surface area contributed by atoms with Crippen molar-refractivity contribution in [1.82, 2.24) is 4.90 Å². The molecule has 0 radical (unpaired) electrons. The normalized spacial score (nSPS) is 15.9. The Morgan fingerprint density at radius 2 is 1.86 bits per heavy atom. The van der Waals surface area contributed by atoms with Crippen molar-refractivity contribution >= 4 is 17.5 Å². The first-order valence-electron chi connectivity index (χ1n) is 6.69. The van der Waals surface area contributed by atoms with E-state index < -0.39 is 17.5 Å². The number of nitrogens with one attached hydrogen (secondary N) is 1. The van der Waals surface area contributed by atoms with Crippen molar-refractivity contribution in [3.05, 3.63) is 29.3 Å². The van der Waals surface area contributed by atoms with Crippen molar-refractivity contribution in [3.8, 4) is 0 Å². The van der Waals surface area contributed by atoms with E-state index in [1.165, 1.54) is 6.92 Å². The molecule has 114 valence electrons. The molecule has 21 heavy (non-hydrogen) atoms. The molecule has 0 aromatic heterocycles. The van der Waals surface area contributed by atoms with Crippen LogP contribution in [0.5, 0.6) is 0 Å². The van der Waals surface area contributed by atoms with Crippen molar-refractivity contribution in [2.75, 3.05) is 18.4 Å². The number of likely N-dealkylation sites (tertiary alicyclic amines) is 1. The topological polar surface area (TPSA) is 75.4 Å². The Kier molecular flexibility index (Phi) is 4.40. The third-order valence-corrected chi connectivity index (χ3v) is 3.62. The summed E-state index contributed by atoms with van der Waals surface area (Å²) >= 11 is 0. The maximum absolute atomic E-state index is 13.7. The number of nitrogens with zero attached hydrogens (tertiary/aromatic N) is 1. The summed E-state index contributed by atoms with van der Waals surface area (Å²) in [4.78, 5) is 24.0. The summed E-state index contributed by atoms with van der Waals surface area (Å²) in [5.41, 5.74) is 4.75. The molecule has 0 spiro atoms. The molecule has 1 saturated heterocycles. The SMILES string of the molecule is CC(=O)N1CCC(Nc2cc(C(N)=O)c(F)cc2F)CC1. The highest BCUT2D eigenvalue weighted by molar-refractivity contribution is 5.94. The fourth-order valence-electron chi connectivity index (χ4n) is 2.41. The van der Waals surface area contributed by atoms with E-state index in [1.807, 2.05) is 0 Å². The Hall–Kier alpha value is -2.18. The Labute approximate surface area is 121 Å². The first kappa shape index (κ1) is 15.2. The van der Waals surface area contributed by atoms with Crippen LogP contribution < -0.4 is 11.1 Å². The molecule has 1 aliphatic heterocycles. The van der Waals surface area contributed by atoms with Gasteiger partial charge in [-0.2, -0.15) is 0 Å². The summed E-state index contributed by atoms with van der Waals surface area (Å²) in [6, 6.07) is 1.69. The van der Waals surface area contributed by atoms with Crippen LogP contribution in [-0.4, -0.2) is 35.8 Å². The number of hydrogen-bond acceptors (Lipinski definition) is 3. The standard InChI is InChI=1S/C14H17F2N3O2/c1-8(20)19-4-2-9(3-5-19)18-13-6-10(14(17)21)11(15)7-12(13)16/h6-7,9,18H,2-5H2,1H3,(H2,17,21). The van der Waals surface area contributed by atoms with Crippen LogP contribution in [0.1, 0.15) is 30.1 Å². The Balaban J connectivity index is 2.08. The summed E-state index contributed by atoms with van der Waals surface area (Å²) in [6.07, 6.45) is 1.31. The lowest BCUT2D eigenvalue weighted by atomic mass is 10.0. The first-order valence-corrected chi connectivity index (χ1v) is 6.69. The van der Waals surface area contributed by atoms with Gasteiger partial charge in [-0.15, -0.1) is 0 Å². The van der Waals surface area contributed by atoms with Gasteiger partial charge in [-0.3, -0.25) is 9.59 Å². The number of carbonyl (C=O) groups excluding carboxylic acids is 2. The van der Waals surface area contributed by atoms with Gasteiger partial charge in [0.1, 0.15) is 11.6 Å². The van der Waals surface area contributed by atoms with Crippen LogP contribution in [-0.2, 0) is 4.79 Å². The van der Waals surface area contributed by atoms with Gasteiger partial charge in [0.05, 0.1) is 11.3 Å². The first-order chi connectivity index (χ1) is 9.88. The number of rotatable bonds is 3. The molecule has 5 nitrogen and oxygen atoms in total. The van der Waals surface area contributed by atoms with Gasteiger partial charge in [0, 0.05) is 32.1 Å². The molecule has 0 saturated carbocycles. The largest absolute Gasteiger partial charge is 0.380 e. The Bertz CT molecular complexity index is 570. The summed E-state index contributed by atoms with van der Waals surface area (Å²) in [6.45, 7) is 2.67. The highest BCUT2D eigenvalue weighted by atomic mass is 19.1. The number of piperidine rings is 1. The molecule has 1 aliphatic rings. The van der Waals surface area contributed by atoms with Crippen LogP contribution in [0.4, 0.5) is 14.5 Å². The van der Waals surface area contributed by atoms with Crippen LogP contribution in [0.3, 0.4) is 0 Å². The average molecular weight is 297 g/mol. The molecule has 1 heterocycles. The maximum Gasteiger partial charge on any atom is 0.251 e. The zero-order chi connectivity index (χ0) is 15.6. The van der Waals surface area contributed by atoms with Crippen LogP contribution in [0.15, 0.2) is 12.1 Å². The fourth-order valence-corrected chi connectivity index (χ4v) is 2.41. The average Bonchev–Trinajstić information content (AvgIpc) is 2.42. The lowest BCUT2D eigenvalue weighted by Crippen LogP contribution is -2.41. The summed E-state index contributed by atoms with van der Waals surface area (Å²) in [5.74, 6) is -2.68. The summed E-state index contributed by atoms with van der Waals surface area (Å²) in [7, 11) is 0. The van der Waals surface area contributed by atoms with Gasteiger partial charge >= 0.3 is 0 Å². The minimum Gasteiger partial charge on any atom is -0.380 e. The molecule has 7 heteroatoms. The van der Waals surface area contributed by atoms with E-state index in [0.29, 0.717) is 32.0 Å². The van der Waals surface area contributed by atoms with E-state index in [2.05, 4.69) is 5.32 Å². The minimum absolute atomic E-state index is 0.0115. The van der Waals surface area contributed by atoms with Crippen LogP contribution in [0.2, 0.25) is 0 Å². The number of hydrogen-bond donors (Lipinski definition) is 2. The minimum atomic E-state index is -0.975. The Morgan fingerprint density at radius 3 is 2.38 bits per heavy atom. The highest BCUT2D eigenvalue weighted by Crippen LogP contribution is 2.23. The predicted octanol–water partition coefficient (Wildman–Crippen LogP) is 1.49. The molecule has 2 amide bonds. The van der Waals surface area contributed by atoms with Crippen molar-refractivity contribution < 1.29 is 18.4 Å². The molecule has 1 aromatic carbocycles. The van der Waals surface area contributed by atoms with Gasteiger partial charge < -0.3 is 16.0 Å². The van der Waals surface area contributed by atoms with Gasteiger partial charge in [-0.25, -0.2) is 8.78 Å². The third-order valence-electron chi connectivity index (χ3n) is 3.62. The number of halogens is 2. The lowest BCUT2D eigenvalue weighted by Gasteiger charge is -2.32. The van der Waals surface area contributed by atoms with Gasteiger partial charge in [0.15, 0.2) is 0 Å². The zero-order valence-electron chi connectivity index (χ0n) is 11.7. The van der Waals surface area contributed by atoms with Crippen molar-refractivity contribution in [3.63, 3.8) is 0 Å². The molecular weight excluding hydrogens is 280 g/mol. The van der Waals surface area contributed by atoms with Gasteiger partial charge in [-0.1, -0.05) is 0 Å². The predicted molar refractivity (Wildman–Crippen MR) is 73.8 cm³/mol. The van der Waals surface area contributed by atoms with Crippen LogP contribution >= 0.6 is 0 Å². The monoisotopic (exact) mass is 297 g/mol. The zero-order valence-corrected chi connectivity index (χ0v) is 11.7. The molecule has 0 atom stereocenters. The number of nitrogens with two attached hydrogens (primary N) is 1. The van der Waals surface area contributed by atoms with Crippen molar-refractivity contribution in [1.29, 1.82) is 0 Å². The van der Waals surface area contributed by atoms with E-state index in [4.69, 9.17) is 5.73 Å². The Morgan fingerprint density at radius 1 is 1.24 bits per heavy atom. The number of anilines is 1. The smallest absolute Gasteiger partial charge is 0.251 e. The van der Waals surface area contributed by atoms with Gasteiger partial charge in [-0.05, 0) is 18.9 Å². The van der Waals surface area contributed by atoms with Gasteiger partial charge in [0.2, 0.25) is 5.91 Å². The second kappa shape index (κ2) is 6.07. The van der Waals surface area contributed by atoms with Crippen molar-refractivity contribution in [2.24, 2.45) is 5.73 Å². The molecule has 0 bridgehead atoms.